The predicted molar refractivity (Wildman–Crippen MR) is 53.2 cm³/mol. The molecule has 0 atom stereocenters. The second kappa shape index (κ2) is 4.69. The maximum absolute atomic E-state index is 13.3. The fourth-order valence-corrected chi connectivity index (χ4v) is 1.10. The minimum absolute atomic E-state index is 0.0411. The minimum Gasteiger partial charge on any atom is -0.494 e. The average molecular weight is 199 g/mol. The van der Waals surface area contributed by atoms with Crippen LogP contribution in [0, 0.1) is 5.82 Å². The number of nitrogen functional groups attached to an aromatic ring is 1. The maximum Gasteiger partial charge on any atom is 0.188 e. The quantitative estimate of drug-likeness (QED) is 0.756. The van der Waals surface area contributed by atoms with Crippen LogP contribution >= 0.6 is 0 Å². The Bertz CT molecular complexity index is 315. The van der Waals surface area contributed by atoms with Crippen LogP contribution in [0.15, 0.2) is 12.1 Å². The second-order valence-corrected chi connectivity index (χ2v) is 2.69. The Balaban J connectivity index is 3.01. The average Bonchev–Trinajstić information content (AvgIpc) is 2.14. The number of rotatable bonds is 4. The Kier molecular flexibility index (Phi) is 3.56. The van der Waals surface area contributed by atoms with E-state index in [2.05, 4.69) is 0 Å². The van der Waals surface area contributed by atoms with E-state index in [-0.39, 0.29) is 11.4 Å². The summed E-state index contributed by atoms with van der Waals surface area (Å²) in [7, 11) is 0. The largest absolute Gasteiger partial charge is 0.494 e. The van der Waals surface area contributed by atoms with E-state index in [9.17, 15) is 4.39 Å². The van der Waals surface area contributed by atoms with Crippen molar-refractivity contribution < 1.29 is 13.9 Å². The first kappa shape index (κ1) is 10.6. The Hall–Kier alpha value is -1.45. The van der Waals surface area contributed by atoms with E-state index in [1.165, 1.54) is 12.1 Å². The van der Waals surface area contributed by atoms with Gasteiger partial charge in [0.1, 0.15) is 5.75 Å². The third kappa shape index (κ3) is 2.28. The number of hydrogen-bond acceptors (Lipinski definition) is 3. The fourth-order valence-electron chi connectivity index (χ4n) is 1.10. The fraction of sp³-hybridized carbons (Fsp3) is 0.400. The molecule has 0 saturated carbocycles. The lowest BCUT2D eigenvalue weighted by Crippen LogP contribution is -2.00. The third-order valence-electron chi connectivity index (χ3n) is 1.65. The van der Waals surface area contributed by atoms with E-state index in [1.54, 1.807) is 6.92 Å². The lowest BCUT2D eigenvalue weighted by molar-refractivity contribution is 0.310. The lowest BCUT2D eigenvalue weighted by Gasteiger charge is -2.09. The summed E-state index contributed by atoms with van der Waals surface area (Å²) in [6, 6.07) is 2.94. The molecule has 3 nitrogen and oxygen atoms in total. The molecule has 4 heteroatoms. The van der Waals surface area contributed by atoms with Crippen molar-refractivity contribution in [3.63, 3.8) is 0 Å². The molecule has 0 aliphatic heterocycles. The smallest absolute Gasteiger partial charge is 0.188 e. The lowest BCUT2D eigenvalue weighted by atomic mass is 10.2. The highest BCUT2D eigenvalue weighted by molar-refractivity contribution is 5.52. The van der Waals surface area contributed by atoms with Crippen LogP contribution in [0.25, 0.3) is 0 Å². The van der Waals surface area contributed by atoms with E-state index in [0.29, 0.717) is 19.0 Å². The van der Waals surface area contributed by atoms with Gasteiger partial charge in [0.25, 0.3) is 0 Å². The first-order valence-electron chi connectivity index (χ1n) is 4.53. The van der Waals surface area contributed by atoms with Crippen molar-refractivity contribution in [2.24, 2.45) is 0 Å². The summed E-state index contributed by atoms with van der Waals surface area (Å²) in [5, 5.41) is 0. The number of benzene rings is 1. The van der Waals surface area contributed by atoms with Gasteiger partial charge in [-0.3, -0.25) is 0 Å². The molecule has 0 aliphatic rings. The molecule has 1 rings (SSSR count). The van der Waals surface area contributed by atoms with E-state index >= 15 is 0 Å². The summed E-state index contributed by atoms with van der Waals surface area (Å²) in [6.07, 6.45) is 0. The zero-order valence-corrected chi connectivity index (χ0v) is 8.34. The Morgan fingerprint density at radius 3 is 2.43 bits per heavy atom. The number of halogens is 1. The van der Waals surface area contributed by atoms with Gasteiger partial charge in [0, 0.05) is 12.1 Å². The first-order chi connectivity index (χ1) is 6.69. The van der Waals surface area contributed by atoms with Gasteiger partial charge in [0.05, 0.1) is 18.9 Å². The third-order valence-corrected chi connectivity index (χ3v) is 1.65. The Morgan fingerprint density at radius 1 is 1.21 bits per heavy atom. The molecule has 1 aromatic rings. The molecule has 78 valence electrons. The first-order valence-corrected chi connectivity index (χ1v) is 4.53. The number of anilines is 1. The van der Waals surface area contributed by atoms with Crippen LogP contribution in [0.3, 0.4) is 0 Å². The number of nitrogens with two attached hydrogens (primary N) is 1. The van der Waals surface area contributed by atoms with Crippen LogP contribution in [0.1, 0.15) is 13.8 Å². The molecule has 0 bridgehead atoms. The molecule has 14 heavy (non-hydrogen) atoms. The van der Waals surface area contributed by atoms with Crippen molar-refractivity contribution in [3.05, 3.63) is 17.9 Å². The Morgan fingerprint density at radius 2 is 1.86 bits per heavy atom. The molecule has 0 radical (unpaired) electrons. The monoisotopic (exact) mass is 199 g/mol. The van der Waals surface area contributed by atoms with Gasteiger partial charge in [0.15, 0.2) is 11.6 Å². The maximum atomic E-state index is 13.3. The van der Waals surface area contributed by atoms with Gasteiger partial charge in [-0.25, -0.2) is 4.39 Å². The van der Waals surface area contributed by atoms with Crippen LogP contribution in [0.2, 0.25) is 0 Å². The van der Waals surface area contributed by atoms with Crippen molar-refractivity contribution in [2.45, 2.75) is 13.8 Å². The molecule has 0 aliphatic carbocycles. The van der Waals surface area contributed by atoms with Gasteiger partial charge in [-0.2, -0.15) is 0 Å². The topological polar surface area (TPSA) is 44.5 Å². The van der Waals surface area contributed by atoms with Crippen molar-refractivity contribution in [2.75, 3.05) is 18.9 Å². The molecular weight excluding hydrogens is 185 g/mol. The normalized spacial score (nSPS) is 9.93. The van der Waals surface area contributed by atoms with E-state index in [0.717, 1.165) is 0 Å². The highest BCUT2D eigenvalue weighted by Gasteiger charge is 2.09. The van der Waals surface area contributed by atoms with Crippen molar-refractivity contribution in [3.8, 4) is 11.5 Å². The summed E-state index contributed by atoms with van der Waals surface area (Å²) in [5.41, 5.74) is 5.49. The van der Waals surface area contributed by atoms with Crippen LogP contribution < -0.4 is 15.2 Å². The summed E-state index contributed by atoms with van der Waals surface area (Å²) >= 11 is 0. The number of ether oxygens (including phenoxy) is 2. The zero-order chi connectivity index (χ0) is 10.6. The summed E-state index contributed by atoms with van der Waals surface area (Å²) in [4.78, 5) is 0. The van der Waals surface area contributed by atoms with Crippen molar-refractivity contribution >= 4 is 5.69 Å². The second-order valence-electron chi connectivity index (χ2n) is 2.69. The van der Waals surface area contributed by atoms with Crippen LogP contribution in [0.4, 0.5) is 10.1 Å². The summed E-state index contributed by atoms with van der Waals surface area (Å²) < 4.78 is 23.6. The Labute approximate surface area is 82.6 Å². The minimum atomic E-state index is -0.532. The van der Waals surface area contributed by atoms with Crippen LogP contribution in [-0.4, -0.2) is 13.2 Å². The van der Waals surface area contributed by atoms with Crippen LogP contribution in [0.5, 0.6) is 11.5 Å². The molecule has 0 unspecified atom stereocenters. The standard InChI is InChI=1S/C10H14FNO2/c1-3-13-7-5-8(12)10(11)9(6-7)14-4-2/h5-6H,3-4,12H2,1-2H3. The highest BCUT2D eigenvalue weighted by atomic mass is 19.1. The van der Waals surface area contributed by atoms with Crippen LogP contribution in [-0.2, 0) is 0 Å². The molecule has 0 aromatic heterocycles. The molecule has 0 saturated heterocycles. The molecule has 0 heterocycles. The van der Waals surface area contributed by atoms with Gasteiger partial charge in [0.2, 0.25) is 0 Å². The van der Waals surface area contributed by atoms with E-state index < -0.39 is 5.82 Å². The SMILES string of the molecule is CCOc1cc(N)c(F)c(OCC)c1. The van der Waals surface area contributed by atoms with Gasteiger partial charge in [-0.1, -0.05) is 0 Å². The number of hydrogen-bond donors (Lipinski definition) is 1. The molecule has 1 aromatic carbocycles. The van der Waals surface area contributed by atoms with E-state index in [1.807, 2.05) is 6.92 Å². The summed E-state index contributed by atoms with van der Waals surface area (Å²) in [5.74, 6) is 0.126. The van der Waals surface area contributed by atoms with Gasteiger partial charge in [-0.15, -0.1) is 0 Å². The molecular formula is C10H14FNO2. The summed E-state index contributed by atoms with van der Waals surface area (Å²) in [6.45, 7) is 4.53. The molecule has 0 fully saturated rings. The van der Waals surface area contributed by atoms with Gasteiger partial charge < -0.3 is 15.2 Å². The molecule has 0 amide bonds. The molecule has 0 spiro atoms. The van der Waals surface area contributed by atoms with Gasteiger partial charge >= 0.3 is 0 Å². The van der Waals surface area contributed by atoms with Crippen molar-refractivity contribution in [1.82, 2.24) is 0 Å². The van der Waals surface area contributed by atoms with Gasteiger partial charge in [-0.05, 0) is 13.8 Å². The zero-order valence-electron chi connectivity index (χ0n) is 8.34. The highest BCUT2D eigenvalue weighted by Crippen LogP contribution is 2.29. The predicted octanol–water partition coefficient (Wildman–Crippen LogP) is 2.21. The molecule has 2 N–H and O–H groups in total. The van der Waals surface area contributed by atoms with Crippen molar-refractivity contribution in [1.29, 1.82) is 0 Å². The van der Waals surface area contributed by atoms with E-state index in [4.69, 9.17) is 15.2 Å².